The van der Waals surface area contributed by atoms with Crippen molar-refractivity contribution in [1.82, 2.24) is 4.98 Å². The first kappa shape index (κ1) is 14.1. The second kappa shape index (κ2) is 5.38. The van der Waals surface area contributed by atoms with E-state index in [1.165, 1.54) is 0 Å². The largest absolute Gasteiger partial charge is 0.477 e. The monoisotopic (exact) mass is 292 g/mol. The van der Waals surface area contributed by atoms with Crippen molar-refractivity contribution in [3.05, 3.63) is 51.8 Å². The number of amides is 1. The predicted molar refractivity (Wildman–Crippen MR) is 76.6 cm³/mol. The van der Waals surface area contributed by atoms with Crippen LogP contribution in [0.25, 0.3) is 0 Å². The van der Waals surface area contributed by atoms with E-state index in [9.17, 15) is 9.59 Å². The fourth-order valence-corrected chi connectivity index (χ4v) is 2.25. The van der Waals surface area contributed by atoms with Gasteiger partial charge in [0.1, 0.15) is 5.69 Å². The van der Waals surface area contributed by atoms with Crippen LogP contribution in [0, 0.1) is 13.8 Å². The van der Waals surface area contributed by atoms with Gasteiger partial charge in [-0.3, -0.25) is 4.79 Å². The number of anilines is 1. The van der Waals surface area contributed by atoms with E-state index in [4.69, 9.17) is 16.7 Å². The van der Waals surface area contributed by atoms with Gasteiger partial charge in [-0.05, 0) is 37.6 Å². The number of halogens is 1. The first-order chi connectivity index (χ1) is 9.40. The zero-order valence-electron chi connectivity index (χ0n) is 11.0. The Morgan fingerprint density at radius 1 is 1.30 bits per heavy atom. The van der Waals surface area contributed by atoms with Crippen LogP contribution in [0.4, 0.5) is 5.69 Å². The summed E-state index contributed by atoms with van der Waals surface area (Å²) >= 11 is 5.85. The second-order valence-electron chi connectivity index (χ2n) is 4.39. The minimum atomic E-state index is -1.09. The Morgan fingerprint density at radius 3 is 2.55 bits per heavy atom. The van der Waals surface area contributed by atoms with E-state index in [1.807, 2.05) is 0 Å². The maximum Gasteiger partial charge on any atom is 0.352 e. The molecule has 1 aromatic heterocycles. The molecule has 0 aliphatic carbocycles. The minimum absolute atomic E-state index is 0.0266. The van der Waals surface area contributed by atoms with Gasteiger partial charge in [0.15, 0.2) is 0 Å². The molecule has 0 bridgehead atoms. The average Bonchev–Trinajstić information content (AvgIpc) is 2.65. The summed E-state index contributed by atoms with van der Waals surface area (Å²) < 4.78 is 0. The van der Waals surface area contributed by atoms with E-state index in [0.29, 0.717) is 27.5 Å². The number of nitrogens with one attached hydrogen (secondary N) is 2. The van der Waals surface area contributed by atoms with Crippen LogP contribution >= 0.6 is 11.6 Å². The summed E-state index contributed by atoms with van der Waals surface area (Å²) in [6.45, 7) is 3.26. The van der Waals surface area contributed by atoms with Gasteiger partial charge in [0, 0.05) is 16.4 Å². The topological polar surface area (TPSA) is 82.2 Å². The van der Waals surface area contributed by atoms with Crippen LogP contribution in [-0.4, -0.2) is 22.0 Å². The lowest BCUT2D eigenvalue weighted by Crippen LogP contribution is -2.13. The average molecular weight is 293 g/mol. The molecule has 1 aromatic carbocycles. The van der Waals surface area contributed by atoms with E-state index in [2.05, 4.69) is 10.3 Å². The summed E-state index contributed by atoms with van der Waals surface area (Å²) in [6, 6.07) is 6.75. The Bertz CT molecular complexity index is 692. The number of rotatable bonds is 3. The van der Waals surface area contributed by atoms with Crippen LogP contribution in [0.5, 0.6) is 0 Å². The number of hydrogen-bond donors (Lipinski definition) is 3. The van der Waals surface area contributed by atoms with Crippen molar-refractivity contribution in [2.45, 2.75) is 13.8 Å². The van der Waals surface area contributed by atoms with Gasteiger partial charge in [0.05, 0.1) is 5.56 Å². The second-order valence-corrected chi connectivity index (χ2v) is 4.83. The molecule has 0 spiro atoms. The lowest BCUT2D eigenvalue weighted by Gasteiger charge is -2.06. The predicted octanol–water partition coefficient (Wildman–Crippen LogP) is 3.24. The first-order valence-corrected chi connectivity index (χ1v) is 6.27. The van der Waals surface area contributed by atoms with Crippen LogP contribution in [-0.2, 0) is 0 Å². The lowest BCUT2D eigenvalue weighted by molar-refractivity contribution is 0.0690. The molecular formula is C14H13ClN2O3. The summed E-state index contributed by atoms with van der Waals surface area (Å²) in [5.74, 6) is -1.46. The molecule has 3 N–H and O–H groups in total. The van der Waals surface area contributed by atoms with Crippen LogP contribution in [0.2, 0.25) is 5.02 Å². The van der Waals surface area contributed by atoms with Crippen LogP contribution < -0.4 is 5.32 Å². The molecule has 0 saturated carbocycles. The summed E-state index contributed by atoms with van der Waals surface area (Å²) in [5.41, 5.74) is 1.84. The van der Waals surface area contributed by atoms with Crippen LogP contribution in [0.1, 0.15) is 32.1 Å². The summed E-state index contributed by atoms with van der Waals surface area (Å²) in [7, 11) is 0. The fraction of sp³-hybridized carbons (Fsp3) is 0.143. The number of H-pyrrole nitrogens is 1. The molecular weight excluding hydrogens is 280 g/mol. The minimum Gasteiger partial charge on any atom is -0.477 e. The first-order valence-electron chi connectivity index (χ1n) is 5.89. The molecule has 1 heterocycles. The number of carboxylic acid groups (broad SMARTS) is 1. The van der Waals surface area contributed by atoms with E-state index < -0.39 is 5.97 Å². The molecule has 20 heavy (non-hydrogen) atoms. The van der Waals surface area contributed by atoms with Crippen molar-refractivity contribution in [3.8, 4) is 0 Å². The van der Waals surface area contributed by atoms with E-state index in [1.54, 1.807) is 38.1 Å². The lowest BCUT2D eigenvalue weighted by atomic mass is 10.1. The molecule has 104 valence electrons. The fourth-order valence-electron chi connectivity index (χ4n) is 2.06. The number of hydrogen-bond acceptors (Lipinski definition) is 2. The van der Waals surface area contributed by atoms with Crippen LogP contribution in [0.15, 0.2) is 24.3 Å². The quantitative estimate of drug-likeness (QED) is 0.812. The van der Waals surface area contributed by atoms with Crippen molar-refractivity contribution in [2.75, 3.05) is 5.32 Å². The Hall–Kier alpha value is -2.27. The molecule has 0 radical (unpaired) electrons. The number of aromatic nitrogens is 1. The molecule has 0 saturated heterocycles. The number of carbonyl (C=O) groups is 2. The zero-order chi connectivity index (χ0) is 14.9. The summed E-state index contributed by atoms with van der Waals surface area (Å²) in [5, 5.41) is 12.2. The highest BCUT2D eigenvalue weighted by Crippen LogP contribution is 2.21. The highest BCUT2D eigenvalue weighted by molar-refractivity contribution is 6.31. The molecule has 0 aliphatic rings. The number of aromatic amines is 1. The van der Waals surface area contributed by atoms with Crippen molar-refractivity contribution >= 4 is 29.2 Å². The number of aryl methyl sites for hydroxylation is 1. The highest BCUT2D eigenvalue weighted by Gasteiger charge is 2.21. The third kappa shape index (κ3) is 2.67. The van der Waals surface area contributed by atoms with Crippen molar-refractivity contribution < 1.29 is 14.7 Å². The Morgan fingerprint density at radius 2 is 2.00 bits per heavy atom. The number of aromatic carboxylic acids is 1. The maximum atomic E-state index is 12.2. The number of carboxylic acids is 1. The molecule has 6 heteroatoms. The maximum absolute atomic E-state index is 12.2. The van der Waals surface area contributed by atoms with Crippen LogP contribution in [0.3, 0.4) is 0 Å². The van der Waals surface area contributed by atoms with Crippen molar-refractivity contribution in [3.63, 3.8) is 0 Å². The molecule has 0 atom stereocenters. The normalized spacial score (nSPS) is 10.3. The summed E-state index contributed by atoms with van der Waals surface area (Å²) in [4.78, 5) is 26.0. The number of benzene rings is 1. The van der Waals surface area contributed by atoms with E-state index in [-0.39, 0.29) is 11.6 Å². The molecule has 0 fully saturated rings. The Balaban J connectivity index is 2.32. The van der Waals surface area contributed by atoms with E-state index in [0.717, 1.165) is 0 Å². The third-order valence-corrected chi connectivity index (χ3v) is 3.20. The smallest absolute Gasteiger partial charge is 0.352 e. The van der Waals surface area contributed by atoms with Crippen molar-refractivity contribution in [2.24, 2.45) is 0 Å². The van der Waals surface area contributed by atoms with Gasteiger partial charge in [-0.25, -0.2) is 4.79 Å². The molecule has 1 amide bonds. The van der Waals surface area contributed by atoms with Gasteiger partial charge in [-0.1, -0.05) is 17.7 Å². The van der Waals surface area contributed by atoms with Gasteiger partial charge in [0.2, 0.25) is 0 Å². The van der Waals surface area contributed by atoms with E-state index >= 15 is 0 Å². The zero-order valence-corrected chi connectivity index (χ0v) is 11.7. The Labute approximate surface area is 120 Å². The van der Waals surface area contributed by atoms with Gasteiger partial charge in [0.25, 0.3) is 5.91 Å². The van der Waals surface area contributed by atoms with Crippen molar-refractivity contribution in [1.29, 1.82) is 0 Å². The van der Waals surface area contributed by atoms with Gasteiger partial charge in [-0.2, -0.15) is 0 Å². The highest BCUT2D eigenvalue weighted by atomic mass is 35.5. The van der Waals surface area contributed by atoms with Gasteiger partial charge < -0.3 is 15.4 Å². The standard InChI is InChI=1S/C14H13ClN2O3/c1-7-11(8(2)16-12(7)14(19)20)13(18)17-10-5-3-4-9(15)6-10/h3-6,16H,1-2H3,(H,17,18)(H,19,20). The molecule has 5 nitrogen and oxygen atoms in total. The molecule has 0 aliphatic heterocycles. The summed E-state index contributed by atoms with van der Waals surface area (Å²) in [6.07, 6.45) is 0. The van der Waals surface area contributed by atoms with Gasteiger partial charge >= 0.3 is 5.97 Å². The van der Waals surface area contributed by atoms with Gasteiger partial charge in [-0.15, -0.1) is 0 Å². The Kier molecular flexibility index (Phi) is 3.81. The molecule has 2 aromatic rings. The molecule has 2 rings (SSSR count). The number of carbonyl (C=O) groups excluding carboxylic acids is 1. The SMILES string of the molecule is Cc1[nH]c(C(=O)O)c(C)c1C(=O)Nc1cccc(Cl)c1. The molecule has 0 unspecified atom stereocenters. The third-order valence-electron chi connectivity index (χ3n) is 2.96.